The van der Waals surface area contributed by atoms with Gasteiger partial charge >= 0.3 is 6.18 Å². The molecular formula is C21H20F3N3O2S. The van der Waals surface area contributed by atoms with E-state index in [1.807, 2.05) is 12.1 Å². The molecule has 0 bridgehead atoms. The molecule has 0 spiro atoms. The van der Waals surface area contributed by atoms with E-state index in [1.54, 1.807) is 30.7 Å². The first-order valence-corrected chi connectivity index (χ1v) is 9.71. The number of halogens is 3. The SMILES string of the molecule is C=C(/C=C(\C=C/COC)NC(=O)c1cccnc1SCc1ccncc1)C(F)(F)F. The van der Waals surface area contributed by atoms with Gasteiger partial charge < -0.3 is 10.1 Å². The monoisotopic (exact) mass is 435 g/mol. The van der Waals surface area contributed by atoms with Gasteiger partial charge in [0.25, 0.3) is 5.91 Å². The highest BCUT2D eigenvalue weighted by Crippen LogP contribution is 2.26. The summed E-state index contributed by atoms with van der Waals surface area (Å²) < 4.78 is 43.4. The van der Waals surface area contributed by atoms with Crippen LogP contribution in [0.15, 0.2) is 84.0 Å². The lowest BCUT2D eigenvalue weighted by Gasteiger charge is -2.12. The van der Waals surface area contributed by atoms with E-state index in [0.717, 1.165) is 11.6 Å². The molecule has 0 aliphatic heterocycles. The molecule has 0 saturated heterocycles. The number of nitrogens with one attached hydrogen (secondary N) is 1. The van der Waals surface area contributed by atoms with Crippen molar-refractivity contribution in [3.63, 3.8) is 0 Å². The maximum atomic E-state index is 12.9. The lowest BCUT2D eigenvalue weighted by atomic mass is 10.2. The maximum absolute atomic E-state index is 12.9. The molecule has 2 rings (SSSR count). The molecule has 9 heteroatoms. The van der Waals surface area contributed by atoms with E-state index in [-0.39, 0.29) is 17.9 Å². The van der Waals surface area contributed by atoms with Gasteiger partial charge in [-0.3, -0.25) is 9.78 Å². The molecule has 1 N–H and O–H groups in total. The Labute approximate surface area is 176 Å². The molecule has 0 saturated carbocycles. The zero-order chi connectivity index (χ0) is 22.0. The summed E-state index contributed by atoms with van der Waals surface area (Å²) >= 11 is 1.34. The van der Waals surface area contributed by atoms with Crippen molar-refractivity contribution >= 4 is 17.7 Å². The zero-order valence-electron chi connectivity index (χ0n) is 16.1. The first kappa shape index (κ1) is 23.4. The highest BCUT2D eigenvalue weighted by atomic mass is 32.2. The van der Waals surface area contributed by atoms with Gasteiger partial charge in [-0.25, -0.2) is 4.98 Å². The van der Waals surface area contributed by atoms with Crippen LogP contribution in [-0.4, -0.2) is 35.8 Å². The van der Waals surface area contributed by atoms with E-state index in [0.29, 0.717) is 10.8 Å². The number of alkyl halides is 3. The van der Waals surface area contributed by atoms with E-state index >= 15 is 0 Å². The minimum atomic E-state index is -4.61. The van der Waals surface area contributed by atoms with Gasteiger partial charge in [-0.05, 0) is 42.0 Å². The van der Waals surface area contributed by atoms with Crippen LogP contribution in [0.1, 0.15) is 15.9 Å². The highest BCUT2D eigenvalue weighted by molar-refractivity contribution is 7.98. The molecule has 0 atom stereocenters. The summed E-state index contributed by atoms with van der Waals surface area (Å²) in [4.78, 5) is 20.9. The molecule has 0 unspecified atom stereocenters. The number of hydrogen-bond acceptors (Lipinski definition) is 5. The van der Waals surface area contributed by atoms with Crippen LogP contribution in [0.5, 0.6) is 0 Å². The number of hydrogen-bond donors (Lipinski definition) is 1. The molecule has 2 aromatic heterocycles. The van der Waals surface area contributed by atoms with Crippen LogP contribution in [0.3, 0.4) is 0 Å². The van der Waals surface area contributed by atoms with Crippen molar-refractivity contribution in [3.05, 3.63) is 90.1 Å². The van der Waals surface area contributed by atoms with Gasteiger partial charge in [0.1, 0.15) is 5.03 Å². The van der Waals surface area contributed by atoms with E-state index < -0.39 is 17.7 Å². The van der Waals surface area contributed by atoms with Crippen LogP contribution < -0.4 is 5.32 Å². The Kier molecular flexibility index (Phi) is 8.82. The summed E-state index contributed by atoms with van der Waals surface area (Å²) in [6.07, 6.45) is 3.86. The molecule has 30 heavy (non-hydrogen) atoms. The predicted octanol–water partition coefficient (Wildman–Crippen LogP) is 4.70. The Morgan fingerprint density at radius 3 is 2.67 bits per heavy atom. The zero-order valence-corrected chi connectivity index (χ0v) is 17.0. The number of amides is 1. The quantitative estimate of drug-likeness (QED) is 0.457. The molecule has 2 heterocycles. The average molecular weight is 435 g/mol. The number of carbonyl (C=O) groups excluding carboxylic acids is 1. The Hall–Kier alpha value is -2.91. The lowest BCUT2D eigenvalue weighted by Crippen LogP contribution is -2.24. The number of nitrogens with zero attached hydrogens (tertiary/aromatic N) is 2. The summed E-state index contributed by atoms with van der Waals surface area (Å²) in [6.45, 7) is 3.19. The van der Waals surface area contributed by atoms with Gasteiger partial charge in [0.2, 0.25) is 0 Å². The van der Waals surface area contributed by atoms with Crippen molar-refractivity contribution < 1.29 is 22.7 Å². The van der Waals surface area contributed by atoms with Crippen molar-refractivity contribution in [1.29, 1.82) is 0 Å². The smallest absolute Gasteiger partial charge is 0.381 e. The summed E-state index contributed by atoms with van der Waals surface area (Å²) in [5, 5.41) is 2.95. The second-order valence-electron chi connectivity index (χ2n) is 5.93. The van der Waals surface area contributed by atoms with Crippen molar-refractivity contribution in [2.24, 2.45) is 0 Å². The van der Waals surface area contributed by atoms with Gasteiger partial charge in [-0.2, -0.15) is 13.2 Å². The van der Waals surface area contributed by atoms with Crippen molar-refractivity contribution in [1.82, 2.24) is 15.3 Å². The number of thioether (sulfide) groups is 1. The van der Waals surface area contributed by atoms with Crippen molar-refractivity contribution in [3.8, 4) is 0 Å². The topological polar surface area (TPSA) is 64.1 Å². The average Bonchev–Trinajstić information content (AvgIpc) is 2.72. The fourth-order valence-electron chi connectivity index (χ4n) is 2.17. The van der Waals surface area contributed by atoms with Crippen LogP contribution in [0.2, 0.25) is 0 Å². The Balaban J connectivity index is 2.20. The molecule has 0 radical (unpaired) electrons. The molecule has 0 aliphatic carbocycles. The van der Waals surface area contributed by atoms with E-state index in [2.05, 4.69) is 21.9 Å². The number of carbonyl (C=O) groups is 1. The van der Waals surface area contributed by atoms with Gasteiger partial charge in [-0.15, -0.1) is 11.8 Å². The first-order chi connectivity index (χ1) is 14.3. The number of methoxy groups -OCH3 is 1. The molecule has 158 valence electrons. The van der Waals surface area contributed by atoms with Crippen LogP contribution in [-0.2, 0) is 10.5 Å². The van der Waals surface area contributed by atoms with E-state index in [9.17, 15) is 18.0 Å². The molecular weight excluding hydrogens is 415 g/mol. The lowest BCUT2D eigenvalue weighted by molar-refractivity contribution is -0.0879. The van der Waals surface area contributed by atoms with Gasteiger partial charge in [0.15, 0.2) is 0 Å². The molecule has 0 aliphatic rings. The molecule has 0 aromatic carbocycles. The second kappa shape index (κ2) is 11.3. The third-order valence-corrected chi connectivity index (χ3v) is 4.73. The van der Waals surface area contributed by atoms with Gasteiger partial charge in [0.05, 0.1) is 17.7 Å². The van der Waals surface area contributed by atoms with Crippen molar-refractivity contribution in [2.45, 2.75) is 17.0 Å². The summed E-state index contributed by atoms with van der Waals surface area (Å²) in [7, 11) is 1.45. The van der Waals surface area contributed by atoms with Crippen LogP contribution in [0.4, 0.5) is 13.2 Å². The fraction of sp³-hybridized carbons (Fsp3) is 0.190. The van der Waals surface area contributed by atoms with Crippen molar-refractivity contribution in [2.75, 3.05) is 13.7 Å². The molecule has 0 fully saturated rings. The number of ether oxygens (including phenoxy) is 1. The van der Waals surface area contributed by atoms with E-state index in [1.165, 1.54) is 31.0 Å². The Morgan fingerprint density at radius 2 is 2.00 bits per heavy atom. The normalized spacial score (nSPS) is 12.2. The van der Waals surface area contributed by atoms with Gasteiger partial charge in [0, 0.05) is 37.2 Å². The Bertz CT molecular complexity index is 929. The standard InChI is InChI=1S/C21H20F3N3O2S/c1-15(21(22,23)24)13-17(5-4-12-29-2)27-19(28)18-6-3-9-26-20(18)30-14-16-7-10-25-11-8-16/h3-11,13H,1,12,14H2,2H3,(H,27,28)/b5-4-,17-13+. The predicted molar refractivity (Wildman–Crippen MR) is 110 cm³/mol. The molecule has 2 aromatic rings. The number of rotatable bonds is 9. The summed E-state index contributed by atoms with van der Waals surface area (Å²) in [5.74, 6) is -0.0233. The Morgan fingerprint density at radius 1 is 1.27 bits per heavy atom. The highest BCUT2D eigenvalue weighted by Gasteiger charge is 2.30. The summed E-state index contributed by atoms with van der Waals surface area (Å²) in [5.41, 5.74) is 0.100. The molecule has 1 amide bonds. The minimum Gasteiger partial charge on any atom is -0.381 e. The van der Waals surface area contributed by atoms with Crippen LogP contribution in [0.25, 0.3) is 0 Å². The van der Waals surface area contributed by atoms with Gasteiger partial charge in [-0.1, -0.05) is 12.7 Å². The maximum Gasteiger partial charge on any atom is 0.415 e. The minimum absolute atomic E-state index is 0.0617. The van der Waals surface area contributed by atoms with Crippen LogP contribution >= 0.6 is 11.8 Å². The number of allylic oxidation sites excluding steroid dienone is 3. The third kappa shape index (κ3) is 7.49. The fourth-order valence-corrected chi connectivity index (χ4v) is 3.12. The summed E-state index contributed by atoms with van der Waals surface area (Å²) in [6, 6.07) is 6.84. The third-order valence-electron chi connectivity index (χ3n) is 3.65. The number of pyridine rings is 2. The first-order valence-electron chi connectivity index (χ1n) is 8.72. The second-order valence-corrected chi connectivity index (χ2v) is 6.90. The van der Waals surface area contributed by atoms with E-state index in [4.69, 9.17) is 4.74 Å². The number of aromatic nitrogens is 2. The largest absolute Gasteiger partial charge is 0.415 e. The van der Waals surface area contributed by atoms with Crippen LogP contribution in [0, 0.1) is 0 Å². The molecule has 5 nitrogen and oxygen atoms in total.